The number of halogens is 6. The monoisotopic (exact) mass is 594 g/mol. The molecule has 0 radical (unpaired) electrons. The third-order valence-electron chi connectivity index (χ3n) is 7.51. The highest BCUT2D eigenvalue weighted by atomic mass is 19.4. The molecule has 220 valence electrons. The first-order valence-electron chi connectivity index (χ1n) is 13.4. The van der Waals surface area contributed by atoms with E-state index >= 15 is 0 Å². The van der Waals surface area contributed by atoms with Gasteiger partial charge in [0.25, 0.3) is 0 Å². The summed E-state index contributed by atoms with van der Waals surface area (Å²) >= 11 is 0. The first-order chi connectivity index (χ1) is 20.5. The van der Waals surface area contributed by atoms with Crippen molar-refractivity contribution < 1.29 is 26.3 Å². The van der Waals surface area contributed by atoms with E-state index < -0.39 is 23.6 Å². The van der Waals surface area contributed by atoms with E-state index in [1.807, 2.05) is 12.1 Å². The maximum atomic E-state index is 13.8. The van der Waals surface area contributed by atoms with E-state index in [0.29, 0.717) is 23.3 Å². The van der Waals surface area contributed by atoms with Gasteiger partial charge in [0.15, 0.2) is 0 Å². The zero-order valence-electron chi connectivity index (χ0n) is 22.7. The number of pyridine rings is 2. The van der Waals surface area contributed by atoms with Crippen LogP contribution >= 0.6 is 0 Å². The van der Waals surface area contributed by atoms with E-state index in [1.54, 1.807) is 6.07 Å². The van der Waals surface area contributed by atoms with Crippen LogP contribution in [0.3, 0.4) is 0 Å². The summed E-state index contributed by atoms with van der Waals surface area (Å²) in [6, 6.07) is 17.1. The minimum Gasteiger partial charge on any atom is -0.338 e. The summed E-state index contributed by atoms with van der Waals surface area (Å²) in [6.45, 7) is 3.17. The lowest BCUT2D eigenvalue weighted by Crippen LogP contribution is -2.34. The van der Waals surface area contributed by atoms with Crippen LogP contribution in [0.5, 0.6) is 0 Å². The number of fused-ring (bicyclic) bond motifs is 2. The van der Waals surface area contributed by atoms with Crippen molar-refractivity contribution in [2.24, 2.45) is 0 Å². The molecule has 43 heavy (non-hydrogen) atoms. The number of rotatable bonds is 5. The molecule has 6 rings (SSSR count). The van der Waals surface area contributed by atoms with Gasteiger partial charge in [-0.1, -0.05) is 30.3 Å². The van der Waals surface area contributed by atoms with Gasteiger partial charge in [0.1, 0.15) is 17.3 Å². The Balaban J connectivity index is 1.42. The van der Waals surface area contributed by atoms with Crippen LogP contribution in [0.15, 0.2) is 79.1 Å². The van der Waals surface area contributed by atoms with Crippen LogP contribution in [-0.2, 0) is 25.3 Å². The lowest BCUT2D eigenvalue weighted by Gasteiger charge is -2.34. The Morgan fingerprint density at radius 2 is 1.70 bits per heavy atom. The predicted molar refractivity (Wildman–Crippen MR) is 149 cm³/mol. The molecule has 5 aromatic rings. The molecule has 0 saturated heterocycles. The number of benzene rings is 2. The SMILES string of the molecule is CC1c2ccccc2CCN1Cc1nc(Nc2ccc(C(F)(F)F)nc2)c2ccc(-c3ncccc3C(F)(F)F)cc2n1. The van der Waals surface area contributed by atoms with E-state index in [1.165, 1.54) is 41.6 Å². The largest absolute Gasteiger partial charge is 0.433 e. The molecule has 3 aromatic heterocycles. The molecule has 0 amide bonds. The number of hydrogen-bond donors (Lipinski definition) is 1. The highest BCUT2D eigenvalue weighted by molar-refractivity contribution is 5.93. The highest BCUT2D eigenvalue weighted by Gasteiger charge is 2.34. The smallest absolute Gasteiger partial charge is 0.338 e. The topological polar surface area (TPSA) is 66.8 Å². The number of nitrogens with one attached hydrogen (secondary N) is 1. The van der Waals surface area contributed by atoms with Gasteiger partial charge >= 0.3 is 12.4 Å². The van der Waals surface area contributed by atoms with Crippen molar-refractivity contribution in [2.75, 3.05) is 11.9 Å². The van der Waals surface area contributed by atoms with E-state index in [2.05, 4.69) is 39.2 Å². The molecule has 1 atom stereocenters. The molecule has 1 N–H and O–H groups in total. The molecule has 12 heteroatoms. The molecular formula is C31H24F6N6. The van der Waals surface area contributed by atoms with E-state index in [0.717, 1.165) is 31.3 Å². The summed E-state index contributed by atoms with van der Waals surface area (Å²) < 4.78 is 80.4. The zero-order valence-corrected chi connectivity index (χ0v) is 22.7. The van der Waals surface area contributed by atoms with Crippen molar-refractivity contribution in [3.63, 3.8) is 0 Å². The van der Waals surface area contributed by atoms with E-state index in [4.69, 9.17) is 9.97 Å². The molecular weight excluding hydrogens is 570 g/mol. The Kier molecular flexibility index (Phi) is 7.25. The standard InChI is InChI=1S/C31H24F6N6/c1-18-22-6-3-2-5-19(22)12-14-43(18)17-27-41-25-15-20(28-24(30(32,33)34)7-4-13-38-28)8-10-23(25)29(42-27)40-21-9-11-26(39-16-21)31(35,36)37/h2-11,13,15-16,18H,12,14,17H2,1H3,(H,40,41,42). The molecule has 0 fully saturated rings. The van der Waals surface area contributed by atoms with E-state index in [9.17, 15) is 26.3 Å². The summed E-state index contributed by atoms with van der Waals surface area (Å²) in [7, 11) is 0. The quantitative estimate of drug-likeness (QED) is 0.208. The van der Waals surface area contributed by atoms with Crippen LogP contribution in [0.2, 0.25) is 0 Å². The van der Waals surface area contributed by atoms with Crippen LogP contribution in [0.4, 0.5) is 37.8 Å². The van der Waals surface area contributed by atoms with Gasteiger partial charge in [-0.3, -0.25) is 9.88 Å². The minimum atomic E-state index is -4.61. The van der Waals surface area contributed by atoms with Crippen molar-refractivity contribution in [1.29, 1.82) is 0 Å². The molecule has 0 spiro atoms. The Bertz CT molecular complexity index is 1790. The maximum absolute atomic E-state index is 13.8. The molecule has 1 aliphatic rings. The van der Waals surface area contributed by atoms with Crippen LogP contribution in [0, 0.1) is 0 Å². The van der Waals surface area contributed by atoms with E-state index in [-0.39, 0.29) is 28.8 Å². The van der Waals surface area contributed by atoms with Crippen LogP contribution in [-0.4, -0.2) is 31.4 Å². The average molecular weight is 595 g/mol. The van der Waals surface area contributed by atoms with Gasteiger partial charge in [0, 0.05) is 29.7 Å². The second-order valence-electron chi connectivity index (χ2n) is 10.3. The van der Waals surface area contributed by atoms with Gasteiger partial charge in [-0.2, -0.15) is 26.3 Å². The maximum Gasteiger partial charge on any atom is 0.433 e. The summed E-state index contributed by atoms with van der Waals surface area (Å²) in [5.41, 5.74) is 1.14. The van der Waals surface area contributed by atoms with Crippen molar-refractivity contribution in [3.8, 4) is 11.3 Å². The van der Waals surface area contributed by atoms with Crippen LogP contribution in [0.1, 0.15) is 41.2 Å². The Hall–Kier alpha value is -4.58. The average Bonchev–Trinajstić information content (AvgIpc) is 2.98. The molecule has 0 aliphatic carbocycles. The lowest BCUT2D eigenvalue weighted by molar-refractivity contribution is -0.141. The molecule has 4 heterocycles. The molecule has 2 aromatic carbocycles. The van der Waals surface area contributed by atoms with Gasteiger partial charge < -0.3 is 5.32 Å². The van der Waals surface area contributed by atoms with Crippen LogP contribution in [0.25, 0.3) is 22.2 Å². The fraction of sp³-hybridized carbons (Fsp3) is 0.226. The van der Waals surface area contributed by atoms with Crippen molar-refractivity contribution in [1.82, 2.24) is 24.8 Å². The van der Waals surface area contributed by atoms with Crippen molar-refractivity contribution in [3.05, 3.63) is 107 Å². The van der Waals surface area contributed by atoms with Gasteiger partial charge in [-0.25, -0.2) is 15.0 Å². The number of aromatic nitrogens is 4. The summed E-state index contributed by atoms with van der Waals surface area (Å²) in [4.78, 5) is 19.1. The first kappa shape index (κ1) is 28.5. The third kappa shape index (κ3) is 5.87. The molecule has 0 bridgehead atoms. The van der Waals surface area contributed by atoms with Gasteiger partial charge in [-0.05, 0) is 60.9 Å². The number of anilines is 2. The Morgan fingerprint density at radius 3 is 2.44 bits per heavy atom. The Labute approximate surface area is 242 Å². The number of alkyl halides is 6. The van der Waals surface area contributed by atoms with Crippen LogP contribution < -0.4 is 5.32 Å². The second-order valence-corrected chi connectivity index (χ2v) is 10.3. The number of hydrogen-bond acceptors (Lipinski definition) is 6. The van der Waals surface area contributed by atoms with Gasteiger partial charge in [-0.15, -0.1) is 0 Å². The molecule has 6 nitrogen and oxygen atoms in total. The summed E-state index contributed by atoms with van der Waals surface area (Å²) in [5.74, 6) is 0.686. The molecule has 1 unspecified atom stereocenters. The zero-order chi connectivity index (χ0) is 30.4. The molecule has 0 saturated carbocycles. The summed E-state index contributed by atoms with van der Waals surface area (Å²) in [6.07, 6.45) is -6.02. The highest BCUT2D eigenvalue weighted by Crippen LogP contribution is 2.38. The first-order valence-corrected chi connectivity index (χ1v) is 13.4. The van der Waals surface area contributed by atoms with Crippen molar-refractivity contribution in [2.45, 2.75) is 38.3 Å². The van der Waals surface area contributed by atoms with Gasteiger partial charge in [0.05, 0.1) is 35.2 Å². The predicted octanol–water partition coefficient (Wildman–Crippen LogP) is 7.99. The minimum absolute atomic E-state index is 0.0639. The normalized spacial score (nSPS) is 15.8. The van der Waals surface area contributed by atoms with Crippen molar-refractivity contribution >= 4 is 22.4 Å². The summed E-state index contributed by atoms with van der Waals surface area (Å²) in [5, 5.41) is 3.50. The second kappa shape index (κ2) is 10.9. The fourth-order valence-corrected chi connectivity index (χ4v) is 5.35. The van der Waals surface area contributed by atoms with Gasteiger partial charge in [0.2, 0.25) is 0 Å². The fourth-order valence-electron chi connectivity index (χ4n) is 5.35. The third-order valence-corrected chi connectivity index (χ3v) is 7.51. The molecule has 1 aliphatic heterocycles. The number of nitrogens with zero attached hydrogens (tertiary/aromatic N) is 5. The lowest BCUT2D eigenvalue weighted by atomic mass is 9.94. The Morgan fingerprint density at radius 1 is 0.884 bits per heavy atom.